The summed E-state index contributed by atoms with van der Waals surface area (Å²) in [7, 11) is 0. The van der Waals surface area contributed by atoms with Gasteiger partial charge in [-0.1, -0.05) is 41.5 Å². The lowest BCUT2D eigenvalue weighted by Gasteiger charge is -2.29. The van der Waals surface area contributed by atoms with Crippen LogP contribution in [-0.2, 0) is 23.9 Å². The highest BCUT2D eigenvalue weighted by Crippen LogP contribution is 2.17. The van der Waals surface area contributed by atoms with Gasteiger partial charge in [0.05, 0.1) is 0 Å². The van der Waals surface area contributed by atoms with Gasteiger partial charge in [0.2, 0.25) is 0 Å². The monoisotopic (exact) mass is 386 g/mol. The Kier molecular flexibility index (Phi) is 10.00. The van der Waals surface area contributed by atoms with E-state index in [1.165, 1.54) is 0 Å². The lowest BCUT2D eigenvalue weighted by molar-refractivity contribution is -0.164. The zero-order chi connectivity index (χ0) is 21.5. The van der Waals surface area contributed by atoms with Crippen molar-refractivity contribution in [3.8, 4) is 0 Å². The first-order valence-corrected chi connectivity index (χ1v) is 9.70. The first-order valence-electron chi connectivity index (χ1n) is 9.70. The molecule has 0 aliphatic heterocycles. The minimum absolute atomic E-state index is 0.108. The van der Waals surface area contributed by atoms with Crippen LogP contribution in [0.4, 0.5) is 0 Å². The predicted molar refractivity (Wildman–Crippen MR) is 105 cm³/mol. The van der Waals surface area contributed by atoms with E-state index in [1.807, 2.05) is 41.5 Å². The summed E-state index contributed by atoms with van der Waals surface area (Å²) in [5, 5.41) is 2.70. The van der Waals surface area contributed by atoms with Gasteiger partial charge < -0.3 is 20.5 Å². The average Bonchev–Trinajstić information content (AvgIpc) is 2.53. The summed E-state index contributed by atoms with van der Waals surface area (Å²) in [5.74, 6) is -2.17. The Morgan fingerprint density at radius 3 is 1.85 bits per heavy atom. The highest BCUT2D eigenvalue weighted by atomic mass is 16.6. The van der Waals surface area contributed by atoms with Gasteiger partial charge in [-0.25, -0.2) is 4.79 Å². The maximum atomic E-state index is 12.8. The molecule has 0 saturated carbocycles. The fraction of sp³-hybridized carbons (Fsp3) is 0.850. The van der Waals surface area contributed by atoms with E-state index in [2.05, 4.69) is 5.32 Å². The predicted octanol–water partition coefficient (Wildman–Crippen LogP) is 2.41. The van der Waals surface area contributed by atoms with Crippen LogP contribution < -0.4 is 11.1 Å². The van der Waals surface area contributed by atoms with Gasteiger partial charge >= 0.3 is 11.9 Å². The zero-order valence-electron chi connectivity index (χ0n) is 18.3. The molecule has 27 heavy (non-hydrogen) atoms. The van der Waals surface area contributed by atoms with Crippen LogP contribution in [0.1, 0.15) is 68.7 Å². The van der Waals surface area contributed by atoms with Crippen molar-refractivity contribution in [1.82, 2.24) is 5.32 Å². The molecule has 0 radical (unpaired) electrons. The van der Waals surface area contributed by atoms with Crippen LogP contribution in [0.5, 0.6) is 0 Å². The van der Waals surface area contributed by atoms with Crippen LogP contribution in [0.15, 0.2) is 0 Å². The molecule has 0 saturated heterocycles. The van der Waals surface area contributed by atoms with Gasteiger partial charge in [-0.05, 0) is 39.0 Å². The van der Waals surface area contributed by atoms with Gasteiger partial charge in [0.15, 0.2) is 6.10 Å². The second kappa shape index (κ2) is 10.6. The summed E-state index contributed by atoms with van der Waals surface area (Å²) in [5.41, 5.74) is 5.17. The standard InChI is InChI=1S/C20H38N2O5/c1-10-13(6)16(26-18(24)14(21)11(2)3)17(23)22-15(12(4)5)19(25)27-20(7,8)9/h11-16H,10,21H2,1-9H3,(H,22,23)/t13-,14-,15+,16+/m0/s1. The van der Waals surface area contributed by atoms with Gasteiger partial charge in [0, 0.05) is 5.92 Å². The van der Waals surface area contributed by atoms with Crippen molar-refractivity contribution >= 4 is 17.8 Å². The molecule has 0 aromatic carbocycles. The van der Waals surface area contributed by atoms with Crippen molar-refractivity contribution < 1.29 is 23.9 Å². The van der Waals surface area contributed by atoms with Crippen LogP contribution in [0.25, 0.3) is 0 Å². The molecule has 0 aromatic heterocycles. The van der Waals surface area contributed by atoms with Crippen molar-refractivity contribution in [2.45, 2.75) is 92.5 Å². The number of rotatable bonds is 9. The lowest BCUT2D eigenvalue weighted by Crippen LogP contribution is -2.53. The number of carbonyl (C=O) groups excluding carboxylic acids is 3. The van der Waals surface area contributed by atoms with Crippen molar-refractivity contribution in [2.24, 2.45) is 23.5 Å². The first kappa shape index (κ1) is 25.4. The molecule has 0 heterocycles. The topological polar surface area (TPSA) is 108 Å². The summed E-state index contributed by atoms with van der Waals surface area (Å²) in [6.07, 6.45) is -0.392. The summed E-state index contributed by atoms with van der Waals surface area (Å²) < 4.78 is 10.8. The van der Waals surface area contributed by atoms with Crippen LogP contribution >= 0.6 is 0 Å². The molecule has 0 unspecified atom stereocenters. The van der Waals surface area contributed by atoms with E-state index < -0.39 is 41.6 Å². The maximum Gasteiger partial charge on any atom is 0.329 e. The Bertz CT molecular complexity index is 511. The fourth-order valence-electron chi connectivity index (χ4n) is 2.22. The third-order valence-electron chi connectivity index (χ3n) is 4.28. The van der Waals surface area contributed by atoms with Crippen LogP contribution in [0, 0.1) is 17.8 Å². The zero-order valence-corrected chi connectivity index (χ0v) is 18.3. The van der Waals surface area contributed by atoms with E-state index >= 15 is 0 Å². The van der Waals surface area contributed by atoms with Gasteiger partial charge in [-0.2, -0.15) is 0 Å². The molecule has 0 rings (SSSR count). The molecule has 0 aromatic rings. The second-order valence-electron chi connectivity index (χ2n) is 8.78. The van der Waals surface area contributed by atoms with E-state index in [4.69, 9.17) is 15.2 Å². The molecule has 0 aliphatic rings. The van der Waals surface area contributed by atoms with Crippen molar-refractivity contribution in [3.05, 3.63) is 0 Å². The number of hydrogen-bond acceptors (Lipinski definition) is 6. The summed E-state index contributed by atoms with van der Waals surface area (Å²) in [6.45, 7) is 16.2. The normalized spacial score (nSPS) is 16.4. The summed E-state index contributed by atoms with van der Waals surface area (Å²) in [4.78, 5) is 37.5. The molecule has 0 aliphatic carbocycles. The van der Waals surface area contributed by atoms with E-state index in [0.29, 0.717) is 6.42 Å². The van der Waals surface area contributed by atoms with Crippen molar-refractivity contribution in [1.29, 1.82) is 0 Å². The van der Waals surface area contributed by atoms with Gasteiger partial charge in [-0.15, -0.1) is 0 Å². The molecule has 0 fully saturated rings. The van der Waals surface area contributed by atoms with Gasteiger partial charge in [-0.3, -0.25) is 9.59 Å². The SMILES string of the molecule is CC[C@H](C)[C@@H](OC(=O)[C@@H](N)C(C)C)C(=O)N[C@@H](C(=O)OC(C)(C)C)C(C)C. The molecule has 1 amide bonds. The fourth-order valence-corrected chi connectivity index (χ4v) is 2.22. The molecule has 158 valence electrons. The Labute approximate surface area is 163 Å². The average molecular weight is 387 g/mol. The third-order valence-corrected chi connectivity index (χ3v) is 4.28. The van der Waals surface area contributed by atoms with Crippen LogP contribution in [0.3, 0.4) is 0 Å². The number of carbonyl (C=O) groups is 3. The van der Waals surface area contributed by atoms with Crippen LogP contribution in [0.2, 0.25) is 0 Å². The first-order chi connectivity index (χ1) is 12.2. The van der Waals surface area contributed by atoms with Crippen molar-refractivity contribution in [2.75, 3.05) is 0 Å². The summed E-state index contributed by atoms with van der Waals surface area (Å²) in [6, 6.07) is -1.64. The minimum atomic E-state index is -1.02. The Morgan fingerprint density at radius 2 is 1.48 bits per heavy atom. The Hall–Kier alpha value is -1.63. The molecular formula is C20H38N2O5. The van der Waals surface area contributed by atoms with Crippen molar-refractivity contribution in [3.63, 3.8) is 0 Å². The molecule has 7 heteroatoms. The molecular weight excluding hydrogens is 348 g/mol. The molecule has 0 spiro atoms. The van der Waals surface area contributed by atoms with E-state index in [9.17, 15) is 14.4 Å². The number of nitrogens with two attached hydrogens (primary N) is 1. The number of nitrogens with one attached hydrogen (secondary N) is 1. The number of esters is 2. The summed E-state index contributed by atoms with van der Waals surface area (Å²) >= 11 is 0. The van der Waals surface area contributed by atoms with E-state index in [-0.39, 0.29) is 17.8 Å². The van der Waals surface area contributed by atoms with Crippen LogP contribution in [-0.4, -0.2) is 41.6 Å². The molecule has 7 nitrogen and oxygen atoms in total. The van der Waals surface area contributed by atoms with Gasteiger partial charge in [0.1, 0.15) is 17.7 Å². The molecule has 3 N–H and O–H groups in total. The highest BCUT2D eigenvalue weighted by molar-refractivity contribution is 5.89. The third kappa shape index (κ3) is 8.73. The number of hydrogen-bond donors (Lipinski definition) is 2. The number of amides is 1. The smallest absolute Gasteiger partial charge is 0.329 e. The van der Waals surface area contributed by atoms with Gasteiger partial charge in [0.25, 0.3) is 5.91 Å². The Balaban J connectivity index is 5.35. The Morgan fingerprint density at radius 1 is 0.963 bits per heavy atom. The van der Waals surface area contributed by atoms with E-state index in [0.717, 1.165) is 0 Å². The number of ether oxygens (including phenoxy) is 2. The minimum Gasteiger partial charge on any atom is -0.458 e. The highest BCUT2D eigenvalue weighted by Gasteiger charge is 2.35. The molecule has 0 bridgehead atoms. The molecule has 4 atom stereocenters. The second-order valence-corrected chi connectivity index (χ2v) is 8.78. The van der Waals surface area contributed by atoms with E-state index in [1.54, 1.807) is 20.8 Å². The largest absolute Gasteiger partial charge is 0.458 e. The maximum absolute atomic E-state index is 12.8. The quantitative estimate of drug-likeness (QED) is 0.589. The lowest BCUT2D eigenvalue weighted by atomic mass is 9.98.